The quantitative estimate of drug-likeness (QED) is 0.593. The molecule has 0 fully saturated rings. The highest BCUT2D eigenvalue weighted by Crippen LogP contribution is 2.14. The lowest BCUT2D eigenvalue weighted by atomic mass is 9.99. The topological polar surface area (TPSA) is 58.9 Å². The number of rotatable bonds is 6. The molecule has 0 aliphatic carbocycles. The third-order valence-electron chi connectivity index (χ3n) is 2.60. The Kier molecular flexibility index (Phi) is 5.58. The van der Waals surface area contributed by atoms with Crippen LogP contribution in [-0.2, 0) is 22.6 Å². The first-order valence-corrected chi connectivity index (χ1v) is 5.75. The lowest BCUT2D eigenvalue weighted by Crippen LogP contribution is -2.11. The molecule has 4 heteroatoms. The minimum Gasteiger partial charge on any atom is -0.252 e. The average Bonchev–Trinajstić information content (AvgIpc) is 2.27. The monoisotopic (exact) mass is 240 g/mol. The van der Waals surface area contributed by atoms with Crippen molar-refractivity contribution in [1.82, 2.24) is 0 Å². The molecule has 2 N–H and O–H groups in total. The lowest BCUT2D eigenvalue weighted by Gasteiger charge is -2.12. The van der Waals surface area contributed by atoms with E-state index in [9.17, 15) is 0 Å². The Labute approximate surface area is 102 Å². The van der Waals surface area contributed by atoms with Gasteiger partial charge in [0.1, 0.15) is 0 Å². The molecule has 0 amide bonds. The standard InChI is InChI=1S/C13H20O4/c1-9-4-12(6-10(2)16-14)8-13(5-9)7-11(3)17-15/h4-5,8,10-11,14-15H,6-7H2,1-3H3. The zero-order valence-corrected chi connectivity index (χ0v) is 10.5. The van der Waals surface area contributed by atoms with E-state index in [1.807, 2.05) is 26.8 Å². The minimum atomic E-state index is -0.226. The van der Waals surface area contributed by atoms with Crippen molar-refractivity contribution in [3.8, 4) is 0 Å². The molecule has 0 bridgehead atoms. The summed E-state index contributed by atoms with van der Waals surface area (Å²) in [5.41, 5.74) is 3.35. The van der Waals surface area contributed by atoms with Crippen LogP contribution in [0.25, 0.3) is 0 Å². The Hall–Kier alpha value is -0.940. The Balaban J connectivity index is 2.79. The normalized spacial score (nSPS) is 14.6. The molecule has 0 spiro atoms. The van der Waals surface area contributed by atoms with Gasteiger partial charge in [-0.25, -0.2) is 9.78 Å². The molecule has 1 aromatic carbocycles. The molecule has 0 aliphatic rings. The Bertz CT molecular complexity index is 321. The highest BCUT2D eigenvalue weighted by atomic mass is 17.1. The summed E-state index contributed by atoms with van der Waals surface area (Å²) in [5.74, 6) is 0. The van der Waals surface area contributed by atoms with Gasteiger partial charge in [0.25, 0.3) is 0 Å². The fraction of sp³-hybridized carbons (Fsp3) is 0.538. The predicted octanol–water partition coefficient (Wildman–Crippen LogP) is 2.84. The maximum Gasteiger partial charge on any atom is 0.0939 e. The summed E-state index contributed by atoms with van der Waals surface area (Å²) < 4.78 is 0. The first kappa shape index (κ1) is 14.1. The van der Waals surface area contributed by atoms with Crippen molar-refractivity contribution in [2.24, 2.45) is 0 Å². The Morgan fingerprint density at radius 1 is 0.941 bits per heavy atom. The minimum absolute atomic E-state index is 0.226. The zero-order chi connectivity index (χ0) is 12.8. The highest BCUT2D eigenvalue weighted by Gasteiger charge is 2.08. The molecular weight excluding hydrogens is 220 g/mol. The van der Waals surface area contributed by atoms with E-state index in [2.05, 4.69) is 21.9 Å². The van der Waals surface area contributed by atoms with Crippen molar-refractivity contribution < 1.29 is 20.3 Å². The van der Waals surface area contributed by atoms with Gasteiger partial charge in [-0.05, 0) is 31.9 Å². The molecule has 17 heavy (non-hydrogen) atoms. The van der Waals surface area contributed by atoms with Crippen molar-refractivity contribution in [3.05, 3.63) is 34.9 Å². The highest BCUT2D eigenvalue weighted by molar-refractivity contribution is 5.30. The molecule has 4 nitrogen and oxygen atoms in total. The van der Waals surface area contributed by atoms with Gasteiger partial charge < -0.3 is 0 Å². The van der Waals surface area contributed by atoms with Crippen LogP contribution in [0.5, 0.6) is 0 Å². The summed E-state index contributed by atoms with van der Waals surface area (Å²) in [5, 5.41) is 17.1. The van der Waals surface area contributed by atoms with Gasteiger partial charge in [-0.15, -0.1) is 0 Å². The zero-order valence-electron chi connectivity index (χ0n) is 10.5. The van der Waals surface area contributed by atoms with E-state index < -0.39 is 0 Å². The first-order valence-electron chi connectivity index (χ1n) is 5.75. The number of hydrogen-bond donors (Lipinski definition) is 2. The Morgan fingerprint density at radius 3 is 1.71 bits per heavy atom. The summed E-state index contributed by atoms with van der Waals surface area (Å²) in [6.07, 6.45) is 0.853. The second-order valence-corrected chi connectivity index (χ2v) is 4.57. The fourth-order valence-electron chi connectivity index (χ4n) is 1.92. The van der Waals surface area contributed by atoms with Crippen molar-refractivity contribution >= 4 is 0 Å². The van der Waals surface area contributed by atoms with Crippen molar-refractivity contribution in [3.63, 3.8) is 0 Å². The largest absolute Gasteiger partial charge is 0.252 e. The van der Waals surface area contributed by atoms with Crippen LogP contribution in [0.2, 0.25) is 0 Å². The van der Waals surface area contributed by atoms with Crippen LogP contribution in [0.3, 0.4) is 0 Å². The van der Waals surface area contributed by atoms with Crippen LogP contribution >= 0.6 is 0 Å². The van der Waals surface area contributed by atoms with E-state index in [-0.39, 0.29) is 12.2 Å². The Morgan fingerprint density at radius 2 is 1.35 bits per heavy atom. The second-order valence-electron chi connectivity index (χ2n) is 4.57. The van der Waals surface area contributed by atoms with E-state index in [4.69, 9.17) is 10.5 Å². The second kappa shape index (κ2) is 6.71. The van der Waals surface area contributed by atoms with E-state index in [1.54, 1.807) is 0 Å². The molecule has 0 saturated carbocycles. The van der Waals surface area contributed by atoms with E-state index in [1.165, 1.54) is 0 Å². The molecule has 0 aliphatic heterocycles. The van der Waals surface area contributed by atoms with Crippen LogP contribution in [0.4, 0.5) is 0 Å². The predicted molar refractivity (Wildman–Crippen MR) is 64.9 cm³/mol. The van der Waals surface area contributed by atoms with Crippen molar-refractivity contribution in [2.75, 3.05) is 0 Å². The smallest absolute Gasteiger partial charge is 0.0939 e. The molecule has 0 saturated heterocycles. The summed E-state index contributed by atoms with van der Waals surface area (Å²) >= 11 is 0. The molecule has 0 heterocycles. The molecule has 1 aromatic rings. The lowest BCUT2D eigenvalue weighted by molar-refractivity contribution is -0.273. The molecule has 1 rings (SSSR count). The third-order valence-corrected chi connectivity index (χ3v) is 2.60. The van der Waals surface area contributed by atoms with Crippen LogP contribution in [0, 0.1) is 6.92 Å². The summed E-state index contributed by atoms with van der Waals surface area (Å²) in [6, 6.07) is 6.16. The van der Waals surface area contributed by atoms with Gasteiger partial charge in [-0.3, -0.25) is 10.5 Å². The van der Waals surface area contributed by atoms with Gasteiger partial charge in [0.2, 0.25) is 0 Å². The fourth-order valence-corrected chi connectivity index (χ4v) is 1.92. The molecule has 0 radical (unpaired) electrons. The van der Waals surface area contributed by atoms with Gasteiger partial charge in [0.15, 0.2) is 0 Å². The molecule has 2 atom stereocenters. The van der Waals surface area contributed by atoms with Crippen molar-refractivity contribution in [1.29, 1.82) is 0 Å². The van der Waals surface area contributed by atoms with Crippen LogP contribution in [-0.4, -0.2) is 22.7 Å². The van der Waals surface area contributed by atoms with Gasteiger partial charge in [0, 0.05) is 12.8 Å². The van der Waals surface area contributed by atoms with Gasteiger partial charge >= 0.3 is 0 Å². The maximum absolute atomic E-state index is 8.57. The van der Waals surface area contributed by atoms with E-state index in [0.29, 0.717) is 12.8 Å². The van der Waals surface area contributed by atoms with Crippen LogP contribution in [0.1, 0.15) is 30.5 Å². The SMILES string of the molecule is Cc1cc(CC(C)OO)cc(CC(C)OO)c1. The van der Waals surface area contributed by atoms with E-state index >= 15 is 0 Å². The third kappa shape index (κ3) is 4.83. The van der Waals surface area contributed by atoms with Crippen LogP contribution < -0.4 is 0 Å². The van der Waals surface area contributed by atoms with Crippen LogP contribution in [0.15, 0.2) is 18.2 Å². The number of hydrogen-bond acceptors (Lipinski definition) is 4. The summed E-state index contributed by atoms with van der Waals surface area (Å²) in [7, 11) is 0. The van der Waals surface area contributed by atoms with Crippen molar-refractivity contribution in [2.45, 2.75) is 45.8 Å². The summed E-state index contributed by atoms with van der Waals surface area (Å²) in [6.45, 7) is 5.63. The average molecular weight is 240 g/mol. The van der Waals surface area contributed by atoms with Gasteiger partial charge in [-0.1, -0.05) is 23.8 Å². The van der Waals surface area contributed by atoms with Gasteiger partial charge in [0.05, 0.1) is 12.2 Å². The summed E-state index contributed by atoms with van der Waals surface area (Å²) in [4.78, 5) is 8.54. The molecular formula is C13H20O4. The molecule has 0 aromatic heterocycles. The number of aryl methyl sites for hydroxylation is 1. The maximum atomic E-state index is 8.57. The first-order chi connectivity index (χ1) is 8.05. The van der Waals surface area contributed by atoms with Gasteiger partial charge in [-0.2, -0.15) is 0 Å². The molecule has 96 valence electrons. The molecule has 2 unspecified atom stereocenters. The number of benzene rings is 1. The van der Waals surface area contributed by atoms with E-state index in [0.717, 1.165) is 16.7 Å².